The van der Waals surface area contributed by atoms with E-state index in [1.807, 2.05) is 44.2 Å². The Morgan fingerprint density at radius 1 is 1.18 bits per heavy atom. The minimum Gasteiger partial charge on any atom is -0.447 e. The lowest BCUT2D eigenvalue weighted by atomic mass is 10.1. The van der Waals surface area contributed by atoms with Crippen molar-refractivity contribution in [1.82, 2.24) is 20.1 Å². The Hall–Kier alpha value is -2.22. The maximum atomic E-state index is 12.2. The number of carbonyl (C=O) groups excluding carboxylic acids is 1. The SMILES string of the molecule is CC(C)[C@@H](O)CN1CCN(Cc2nc(C(=O)NCc3ccccc3)co2)CC1. The van der Waals surface area contributed by atoms with Crippen LogP contribution in [0.1, 0.15) is 35.8 Å². The molecule has 3 rings (SSSR count). The van der Waals surface area contributed by atoms with Gasteiger partial charge >= 0.3 is 0 Å². The standard InChI is InChI=1S/C21H30N4O3/c1-16(2)19(26)13-24-8-10-25(11-9-24)14-20-23-18(15-28-20)21(27)22-12-17-6-4-3-5-7-17/h3-7,15-16,19,26H,8-14H2,1-2H3,(H,22,27)/t19-/m0/s1. The average molecular weight is 386 g/mol. The summed E-state index contributed by atoms with van der Waals surface area (Å²) in [6.45, 7) is 9.46. The number of aliphatic hydroxyl groups excluding tert-OH is 1. The number of nitrogens with zero attached hydrogens (tertiary/aromatic N) is 3. The van der Waals surface area contributed by atoms with Crippen molar-refractivity contribution in [2.75, 3.05) is 32.7 Å². The molecule has 152 valence electrons. The molecule has 1 aromatic carbocycles. The number of amides is 1. The van der Waals surface area contributed by atoms with Gasteiger partial charge in [-0.2, -0.15) is 0 Å². The van der Waals surface area contributed by atoms with Crippen molar-refractivity contribution < 1.29 is 14.3 Å². The van der Waals surface area contributed by atoms with Gasteiger partial charge in [-0.1, -0.05) is 44.2 Å². The molecule has 1 aliphatic heterocycles. The molecule has 2 aromatic rings. The third-order valence-electron chi connectivity index (χ3n) is 5.12. The first-order valence-electron chi connectivity index (χ1n) is 9.90. The third-order valence-corrected chi connectivity index (χ3v) is 5.12. The molecule has 0 spiro atoms. The lowest BCUT2D eigenvalue weighted by Gasteiger charge is -2.35. The average Bonchev–Trinajstić information content (AvgIpc) is 3.17. The zero-order valence-corrected chi connectivity index (χ0v) is 16.7. The molecule has 0 saturated carbocycles. The highest BCUT2D eigenvalue weighted by molar-refractivity contribution is 5.91. The van der Waals surface area contributed by atoms with Crippen LogP contribution in [0.5, 0.6) is 0 Å². The second-order valence-corrected chi connectivity index (χ2v) is 7.68. The molecule has 0 unspecified atom stereocenters. The smallest absolute Gasteiger partial charge is 0.273 e. The van der Waals surface area contributed by atoms with Crippen molar-refractivity contribution in [1.29, 1.82) is 0 Å². The quantitative estimate of drug-likeness (QED) is 0.719. The molecule has 2 heterocycles. The molecule has 1 aliphatic rings. The van der Waals surface area contributed by atoms with Crippen LogP contribution in [0.3, 0.4) is 0 Å². The maximum absolute atomic E-state index is 12.2. The molecular weight excluding hydrogens is 356 g/mol. The van der Waals surface area contributed by atoms with E-state index in [2.05, 4.69) is 20.1 Å². The van der Waals surface area contributed by atoms with Crippen LogP contribution in [-0.2, 0) is 13.1 Å². The fourth-order valence-corrected chi connectivity index (χ4v) is 3.15. The molecule has 0 aliphatic carbocycles. The lowest BCUT2D eigenvalue weighted by Crippen LogP contribution is -2.48. The van der Waals surface area contributed by atoms with Gasteiger partial charge in [0.1, 0.15) is 6.26 Å². The van der Waals surface area contributed by atoms with E-state index in [4.69, 9.17) is 4.42 Å². The maximum Gasteiger partial charge on any atom is 0.273 e. The van der Waals surface area contributed by atoms with Gasteiger partial charge in [0, 0.05) is 39.3 Å². The van der Waals surface area contributed by atoms with Crippen molar-refractivity contribution in [2.24, 2.45) is 5.92 Å². The first-order chi connectivity index (χ1) is 13.5. The highest BCUT2D eigenvalue weighted by Gasteiger charge is 2.22. The molecule has 28 heavy (non-hydrogen) atoms. The Morgan fingerprint density at radius 2 is 1.86 bits per heavy atom. The number of hydrogen-bond acceptors (Lipinski definition) is 6. The summed E-state index contributed by atoms with van der Waals surface area (Å²) in [7, 11) is 0. The van der Waals surface area contributed by atoms with E-state index in [1.165, 1.54) is 6.26 Å². The van der Waals surface area contributed by atoms with E-state index in [9.17, 15) is 9.90 Å². The molecular formula is C21H30N4O3. The van der Waals surface area contributed by atoms with E-state index in [0.717, 1.165) is 38.3 Å². The molecule has 0 bridgehead atoms. The molecule has 1 aromatic heterocycles. The van der Waals surface area contributed by atoms with E-state index in [-0.39, 0.29) is 17.9 Å². The predicted molar refractivity (Wildman–Crippen MR) is 107 cm³/mol. The van der Waals surface area contributed by atoms with Gasteiger partial charge in [-0.15, -0.1) is 0 Å². The Balaban J connectivity index is 1.43. The van der Waals surface area contributed by atoms with Crippen molar-refractivity contribution in [2.45, 2.75) is 33.0 Å². The summed E-state index contributed by atoms with van der Waals surface area (Å²) >= 11 is 0. The number of benzene rings is 1. The van der Waals surface area contributed by atoms with E-state index < -0.39 is 0 Å². The number of oxazole rings is 1. The summed E-state index contributed by atoms with van der Waals surface area (Å²) < 4.78 is 5.50. The summed E-state index contributed by atoms with van der Waals surface area (Å²) in [6.07, 6.45) is 1.14. The summed E-state index contributed by atoms with van der Waals surface area (Å²) in [5, 5.41) is 12.9. The molecule has 1 saturated heterocycles. The predicted octanol–water partition coefficient (Wildman–Crippen LogP) is 1.74. The van der Waals surface area contributed by atoms with E-state index in [0.29, 0.717) is 24.7 Å². The normalized spacial score (nSPS) is 17.0. The summed E-state index contributed by atoms with van der Waals surface area (Å²) in [5.74, 6) is 0.601. The number of aromatic nitrogens is 1. The number of rotatable bonds is 8. The molecule has 1 fully saturated rings. The zero-order chi connectivity index (χ0) is 19.9. The highest BCUT2D eigenvalue weighted by atomic mass is 16.3. The van der Waals surface area contributed by atoms with Crippen LogP contribution in [0.4, 0.5) is 0 Å². The Bertz CT molecular complexity index is 739. The molecule has 7 heteroatoms. The molecule has 1 atom stereocenters. The second-order valence-electron chi connectivity index (χ2n) is 7.68. The Labute approximate surface area is 166 Å². The fourth-order valence-electron chi connectivity index (χ4n) is 3.15. The van der Waals surface area contributed by atoms with Crippen LogP contribution in [0.15, 0.2) is 41.0 Å². The highest BCUT2D eigenvalue weighted by Crippen LogP contribution is 2.11. The van der Waals surface area contributed by atoms with Crippen molar-refractivity contribution in [3.8, 4) is 0 Å². The summed E-state index contributed by atoms with van der Waals surface area (Å²) in [4.78, 5) is 21.1. The molecule has 0 radical (unpaired) electrons. The van der Waals surface area contributed by atoms with Gasteiger partial charge in [-0.05, 0) is 11.5 Å². The molecule has 2 N–H and O–H groups in total. The van der Waals surface area contributed by atoms with Gasteiger partial charge in [0.2, 0.25) is 5.89 Å². The number of aliphatic hydroxyl groups is 1. The van der Waals surface area contributed by atoms with Gasteiger partial charge in [-0.25, -0.2) is 4.98 Å². The van der Waals surface area contributed by atoms with Gasteiger partial charge in [0.15, 0.2) is 5.69 Å². The second kappa shape index (κ2) is 9.82. The number of β-amino-alcohol motifs (C(OH)–C–C–N with tert-alkyl or cyclic N) is 1. The number of piperazine rings is 1. The molecule has 1 amide bonds. The number of carbonyl (C=O) groups is 1. The minimum absolute atomic E-state index is 0.230. The zero-order valence-electron chi connectivity index (χ0n) is 16.7. The largest absolute Gasteiger partial charge is 0.447 e. The number of nitrogens with one attached hydrogen (secondary N) is 1. The van der Waals surface area contributed by atoms with Gasteiger partial charge < -0.3 is 14.8 Å². The lowest BCUT2D eigenvalue weighted by molar-refractivity contribution is 0.0463. The monoisotopic (exact) mass is 386 g/mol. The molecule has 7 nitrogen and oxygen atoms in total. The van der Waals surface area contributed by atoms with Crippen LogP contribution < -0.4 is 5.32 Å². The number of hydrogen-bond donors (Lipinski definition) is 2. The first kappa shape index (κ1) is 20.5. The van der Waals surface area contributed by atoms with Crippen LogP contribution >= 0.6 is 0 Å². The van der Waals surface area contributed by atoms with E-state index in [1.54, 1.807) is 0 Å². The van der Waals surface area contributed by atoms with Crippen LogP contribution in [0.2, 0.25) is 0 Å². The third kappa shape index (κ3) is 5.89. The van der Waals surface area contributed by atoms with Crippen LogP contribution in [0, 0.1) is 5.92 Å². The minimum atomic E-state index is -0.282. The van der Waals surface area contributed by atoms with Crippen molar-refractivity contribution in [3.63, 3.8) is 0 Å². The van der Waals surface area contributed by atoms with E-state index >= 15 is 0 Å². The summed E-state index contributed by atoms with van der Waals surface area (Å²) in [6, 6.07) is 9.77. The fraction of sp³-hybridized carbons (Fsp3) is 0.524. The van der Waals surface area contributed by atoms with Gasteiger partial charge in [0.25, 0.3) is 5.91 Å². The van der Waals surface area contributed by atoms with Crippen molar-refractivity contribution in [3.05, 3.63) is 53.7 Å². The Morgan fingerprint density at radius 3 is 2.54 bits per heavy atom. The van der Waals surface area contributed by atoms with Crippen LogP contribution in [-0.4, -0.2) is 64.6 Å². The summed E-state index contributed by atoms with van der Waals surface area (Å²) in [5.41, 5.74) is 1.35. The van der Waals surface area contributed by atoms with Crippen molar-refractivity contribution >= 4 is 5.91 Å². The Kier molecular flexibility index (Phi) is 7.19. The first-order valence-corrected chi connectivity index (χ1v) is 9.90. The topological polar surface area (TPSA) is 81.8 Å². The van der Waals surface area contributed by atoms with Crippen LogP contribution in [0.25, 0.3) is 0 Å². The van der Waals surface area contributed by atoms with Gasteiger partial charge in [0.05, 0.1) is 12.6 Å². The van der Waals surface area contributed by atoms with Gasteiger partial charge in [-0.3, -0.25) is 14.6 Å².